The van der Waals surface area contributed by atoms with E-state index in [9.17, 15) is 18.6 Å². The van der Waals surface area contributed by atoms with E-state index >= 15 is 0 Å². The Balaban J connectivity index is 2.63. The van der Waals surface area contributed by atoms with Gasteiger partial charge in [-0.2, -0.15) is 8.42 Å². The molecule has 0 heterocycles. The lowest BCUT2D eigenvalue weighted by Crippen LogP contribution is -2.31. The summed E-state index contributed by atoms with van der Waals surface area (Å²) in [4.78, 5) is 0.0373. The van der Waals surface area contributed by atoms with E-state index in [-0.39, 0.29) is 4.90 Å². The first kappa shape index (κ1) is 16.1. The van der Waals surface area contributed by atoms with Crippen molar-refractivity contribution in [3.8, 4) is 0 Å². The van der Waals surface area contributed by atoms with Crippen LogP contribution in [0.15, 0.2) is 29.2 Å². The van der Waals surface area contributed by atoms with Gasteiger partial charge >= 0.3 is 0 Å². The Morgan fingerprint density at radius 1 is 1.16 bits per heavy atom. The summed E-state index contributed by atoms with van der Waals surface area (Å²) in [5.41, 5.74) is 0.942. The summed E-state index contributed by atoms with van der Waals surface area (Å²) >= 11 is 0. The molecule has 2 atom stereocenters. The molecular formula is C13H20O5S. The smallest absolute Gasteiger partial charge is 0.297 e. The van der Waals surface area contributed by atoms with Gasteiger partial charge in [-0.05, 0) is 25.5 Å². The molecule has 0 saturated carbocycles. The molecule has 0 amide bonds. The number of aryl methyl sites for hydroxylation is 1. The van der Waals surface area contributed by atoms with Crippen LogP contribution in [-0.4, -0.2) is 37.4 Å². The molecule has 0 spiro atoms. The monoisotopic (exact) mass is 288 g/mol. The van der Waals surface area contributed by atoms with Crippen LogP contribution in [0.4, 0.5) is 0 Å². The quantitative estimate of drug-likeness (QED) is 0.737. The first-order valence-electron chi connectivity index (χ1n) is 6.19. The second kappa shape index (κ2) is 7.00. The van der Waals surface area contributed by atoms with Crippen molar-refractivity contribution < 1.29 is 22.8 Å². The lowest BCUT2D eigenvalue weighted by atomic mass is 10.1. The van der Waals surface area contributed by atoms with Gasteiger partial charge in [0.15, 0.2) is 0 Å². The van der Waals surface area contributed by atoms with Gasteiger partial charge in [-0.15, -0.1) is 0 Å². The Bertz CT molecular complexity index is 480. The minimum absolute atomic E-state index is 0.0373. The summed E-state index contributed by atoms with van der Waals surface area (Å²) in [6.45, 7) is 3.26. The standard InChI is InChI=1S/C13H20O5S/c1-3-4-12(14)13(15)9-18-19(16,17)11-7-5-10(2)6-8-11/h5-8,12-15H,3-4,9H2,1-2H3/t12-,13-/m1/s1. The van der Waals surface area contributed by atoms with E-state index < -0.39 is 28.9 Å². The van der Waals surface area contributed by atoms with E-state index in [0.29, 0.717) is 12.8 Å². The molecule has 0 aromatic heterocycles. The topological polar surface area (TPSA) is 83.8 Å². The van der Waals surface area contributed by atoms with Crippen LogP contribution in [0.5, 0.6) is 0 Å². The largest absolute Gasteiger partial charge is 0.390 e. The molecule has 0 bridgehead atoms. The highest BCUT2D eigenvalue weighted by Gasteiger charge is 2.21. The summed E-state index contributed by atoms with van der Waals surface area (Å²) in [6.07, 6.45) is -1.09. The molecule has 0 aliphatic rings. The molecule has 2 N–H and O–H groups in total. The van der Waals surface area contributed by atoms with E-state index in [1.165, 1.54) is 12.1 Å². The second-order valence-electron chi connectivity index (χ2n) is 4.48. The van der Waals surface area contributed by atoms with Crippen molar-refractivity contribution in [2.24, 2.45) is 0 Å². The second-order valence-corrected chi connectivity index (χ2v) is 6.09. The third-order valence-electron chi connectivity index (χ3n) is 2.73. The lowest BCUT2D eigenvalue weighted by molar-refractivity contribution is -0.0104. The molecule has 1 aromatic carbocycles. The van der Waals surface area contributed by atoms with Crippen molar-refractivity contribution in [2.45, 2.75) is 43.8 Å². The first-order chi connectivity index (χ1) is 8.86. The molecule has 0 radical (unpaired) electrons. The minimum atomic E-state index is -3.89. The van der Waals surface area contributed by atoms with Gasteiger partial charge in [0.1, 0.15) is 6.10 Å². The molecule has 0 unspecified atom stereocenters. The summed E-state index contributed by atoms with van der Waals surface area (Å²) in [6, 6.07) is 6.22. The highest BCUT2D eigenvalue weighted by molar-refractivity contribution is 7.86. The van der Waals surface area contributed by atoms with Crippen LogP contribution >= 0.6 is 0 Å². The number of hydrogen-bond donors (Lipinski definition) is 2. The van der Waals surface area contributed by atoms with Crippen molar-refractivity contribution in [2.75, 3.05) is 6.61 Å². The highest BCUT2D eigenvalue weighted by atomic mass is 32.2. The first-order valence-corrected chi connectivity index (χ1v) is 7.60. The molecule has 108 valence electrons. The van der Waals surface area contributed by atoms with E-state index in [0.717, 1.165) is 5.56 Å². The zero-order valence-electron chi connectivity index (χ0n) is 11.1. The maximum atomic E-state index is 11.8. The molecule has 1 aromatic rings. The lowest BCUT2D eigenvalue weighted by Gasteiger charge is -2.16. The Hall–Kier alpha value is -0.950. The zero-order valence-corrected chi connectivity index (χ0v) is 11.9. The van der Waals surface area contributed by atoms with E-state index in [1.54, 1.807) is 12.1 Å². The maximum absolute atomic E-state index is 11.8. The Labute approximate surface area is 114 Å². The van der Waals surface area contributed by atoms with Gasteiger partial charge in [0.2, 0.25) is 0 Å². The van der Waals surface area contributed by atoms with Gasteiger partial charge in [-0.3, -0.25) is 4.18 Å². The number of aliphatic hydroxyl groups is 2. The van der Waals surface area contributed by atoms with Crippen LogP contribution in [0.2, 0.25) is 0 Å². The molecule has 5 nitrogen and oxygen atoms in total. The number of benzene rings is 1. The minimum Gasteiger partial charge on any atom is -0.390 e. The molecule has 0 fully saturated rings. The summed E-state index contributed by atoms with van der Waals surface area (Å²) in [7, 11) is -3.89. The molecule has 0 aliphatic carbocycles. The fraction of sp³-hybridized carbons (Fsp3) is 0.538. The van der Waals surface area contributed by atoms with Crippen LogP contribution in [0.1, 0.15) is 25.3 Å². The Kier molecular flexibility index (Phi) is 5.93. The molecule has 0 saturated heterocycles. The Morgan fingerprint density at radius 3 is 2.26 bits per heavy atom. The van der Waals surface area contributed by atoms with E-state index in [4.69, 9.17) is 4.18 Å². The number of aliphatic hydroxyl groups excluding tert-OH is 2. The number of rotatable bonds is 7. The van der Waals surface area contributed by atoms with Gasteiger partial charge in [-0.25, -0.2) is 0 Å². The van der Waals surface area contributed by atoms with Crippen LogP contribution in [0.25, 0.3) is 0 Å². The van der Waals surface area contributed by atoms with Crippen molar-refractivity contribution >= 4 is 10.1 Å². The van der Waals surface area contributed by atoms with Crippen molar-refractivity contribution in [1.82, 2.24) is 0 Å². The Morgan fingerprint density at radius 2 is 1.74 bits per heavy atom. The molecule has 0 aliphatic heterocycles. The van der Waals surface area contributed by atoms with E-state index in [1.807, 2.05) is 13.8 Å². The predicted molar refractivity (Wildman–Crippen MR) is 71.2 cm³/mol. The molecular weight excluding hydrogens is 268 g/mol. The molecule has 6 heteroatoms. The summed E-state index contributed by atoms with van der Waals surface area (Å²) < 4.78 is 28.4. The van der Waals surface area contributed by atoms with E-state index in [2.05, 4.69) is 0 Å². The van der Waals surface area contributed by atoms with Gasteiger partial charge in [0.25, 0.3) is 10.1 Å². The predicted octanol–water partition coefficient (Wildman–Crippen LogP) is 1.22. The van der Waals surface area contributed by atoms with Crippen LogP contribution in [0.3, 0.4) is 0 Å². The maximum Gasteiger partial charge on any atom is 0.297 e. The molecule has 1 rings (SSSR count). The van der Waals surface area contributed by atoms with Crippen LogP contribution in [-0.2, 0) is 14.3 Å². The fourth-order valence-corrected chi connectivity index (χ4v) is 2.46. The average Bonchev–Trinajstić information content (AvgIpc) is 2.37. The zero-order chi connectivity index (χ0) is 14.5. The van der Waals surface area contributed by atoms with Gasteiger partial charge in [0.05, 0.1) is 17.6 Å². The van der Waals surface area contributed by atoms with Crippen molar-refractivity contribution in [3.63, 3.8) is 0 Å². The summed E-state index contributed by atoms with van der Waals surface area (Å²) in [5.74, 6) is 0. The third-order valence-corrected chi connectivity index (χ3v) is 4.03. The van der Waals surface area contributed by atoms with Crippen LogP contribution in [0, 0.1) is 6.92 Å². The van der Waals surface area contributed by atoms with Crippen LogP contribution < -0.4 is 0 Å². The van der Waals surface area contributed by atoms with Crippen molar-refractivity contribution in [1.29, 1.82) is 0 Å². The normalized spacial score (nSPS) is 15.2. The molecule has 19 heavy (non-hydrogen) atoms. The highest BCUT2D eigenvalue weighted by Crippen LogP contribution is 2.14. The fourth-order valence-electron chi connectivity index (χ4n) is 1.53. The van der Waals surface area contributed by atoms with Crippen molar-refractivity contribution in [3.05, 3.63) is 29.8 Å². The summed E-state index contributed by atoms with van der Waals surface area (Å²) in [5, 5.41) is 19.1. The van der Waals surface area contributed by atoms with Gasteiger partial charge in [0, 0.05) is 0 Å². The third kappa shape index (κ3) is 4.91. The SMILES string of the molecule is CCC[C@@H](O)[C@H](O)COS(=O)(=O)c1ccc(C)cc1. The average molecular weight is 288 g/mol. The van der Waals surface area contributed by atoms with Gasteiger partial charge < -0.3 is 10.2 Å². The van der Waals surface area contributed by atoms with Gasteiger partial charge in [-0.1, -0.05) is 31.0 Å². The number of hydrogen-bond acceptors (Lipinski definition) is 5.